The number of nitrogens with zero attached hydrogens (tertiary/aromatic N) is 1. The topological polar surface area (TPSA) is 174 Å². The maximum atomic E-state index is 14.9. The maximum absolute atomic E-state index is 14.9. The number of epoxide rings is 1. The van der Waals surface area contributed by atoms with Gasteiger partial charge in [-0.25, -0.2) is 0 Å². The summed E-state index contributed by atoms with van der Waals surface area (Å²) in [5.74, 6) is -2.23. The second-order valence-corrected chi connectivity index (χ2v) is 19.1. The number of esters is 2. The van der Waals surface area contributed by atoms with Gasteiger partial charge in [0.1, 0.15) is 35.4 Å². The zero-order valence-electron chi connectivity index (χ0n) is 36.9. The molecular formula is C47H69N3O11. The molecule has 10 atom stereocenters. The van der Waals surface area contributed by atoms with Gasteiger partial charge < -0.3 is 39.4 Å². The van der Waals surface area contributed by atoms with Crippen LogP contribution in [0.15, 0.2) is 30.3 Å². The Morgan fingerprint density at radius 2 is 1.72 bits per heavy atom. The second kappa shape index (κ2) is 19.6. The Morgan fingerprint density at radius 3 is 2.43 bits per heavy atom. The summed E-state index contributed by atoms with van der Waals surface area (Å²) in [5, 5.41) is 17.3. The molecule has 6 aliphatic rings. The van der Waals surface area contributed by atoms with Gasteiger partial charge in [-0.1, -0.05) is 75.9 Å². The molecule has 4 saturated heterocycles. The molecule has 4 aliphatic heterocycles. The smallest absolute Gasteiger partial charge is 0.327 e. The summed E-state index contributed by atoms with van der Waals surface area (Å²) < 4.78 is 31.3. The van der Waals surface area contributed by atoms with Gasteiger partial charge in [0.2, 0.25) is 11.8 Å². The normalized spacial score (nSPS) is 31.5. The molecule has 3 N–H and O–H groups in total. The van der Waals surface area contributed by atoms with Gasteiger partial charge in [0, 0.05) is 38.6 Å². The molecule has 14 nitrogen and oxygen atoms in total. The molecule has 1 aromatic rings. The highest BCUT2D eigenvalue weighted by Gasteiger charge is 2.76. The lowest BCUT2D eigenvalue weighted by Crippen LogP contribution is -2.69. The van der Waals surface area contributed by atoms with E-state index in [0.717, 1.165) is 68.9 Å². The quantitative estimate of drug-likeness (QED) is 0.0771. The lowest BCUT2D eigenvalue weighted by Gasteiger charge is -2.48. The van der Waals surface area contributed by atoms with Crippen molar-refractivity contribution in [3.63, 3.8) is 0 Å². The van der Waals surface area contributed by atoms with Crippen molar-refractivity contribution in [3.8, 4) is 0 Å². The summed E-state index contributed by atoms with van der Waals surface area (Å²) >= 11 is 0. The van der Waals surface area contributed by atoms with Crippen molar-refractivity contribution < 1.29 is 52.8 Å². The van der Waals surface area contributed by atoms with Crippen molar-refractivity contribution in [2.24, 2.45) is 11.3 Å². The fourth-order valence-corrected chi connectivity index (χ4v) is 10.2. The molecule has 2 aliphatic carbocycles. The van der Waals surface area contributed by atoms with E-state index >= 15 is 0 Å². The van der Waals surface area contributed by atoms with Crippen molar-refractivity contribution in [2.75, 3.05) is 13.2 Å². The Kier molecular flexibility index (Phi) is 14.6. The molecule has 1 aromatic carbocycles. The standard InChI is InChI=1S/C47H69N3O11/c1-6-8-12-23-46(24-13-9-7-2)59-39-36-27-47(44(55)48-25-22-37(52)49-33(29-51)19-21-38(53)58-45(3,4)5)41(43(54)57-36)50(61-42(47)40(39)60-46)28-32-15-11-10-14-31(32)18-16-30-17-20-34-35(26-30)56-34/h10-11,14-16,18,30,33-36,39-42,51H,6-9,12-13,17,19-29H2,1-5H3,(H,48,55)(H,49,52)/t30?,33-,34?,35?,36+,39-,40-,41-,42+,47-/m0/s1. The SMILES string of the molecule is CCCCCC1(CCCCC)O[C@@H]2[C@H](O1)[C@H]1ON(Cc3ccccc3C=CC3CCC4OC4C3)[C@H]3C(=O)O[C@@H]2C[C@@]13C(=O)NCCC(=O)N[C@H](CO)CCC(=O)OC(C)(C)C. The number of aliphatic hydroxyl groups is 1. The first-order valence-electron chi connectivity index (χ1n) is 23.1. The zero-order valence-corrected chi connectivity index (χ0v) is 36.9. The summed E-state index contributed by atoms with van der Waals surface area (Å²) in [4.78, 5) is 61.5. The number of hydroxylamine groups is 2. The zero-order chi connectivity index (χ0) is 43.4. The van der Waals surface area contributed by atoms with Crippen molar-refractivity contribution in [2.45, 2.75) is 198 Å². The molecule has 61 heavy (non-hydrogen) atoms. The van der Waals surface area contributed by atoms with Crippen LogP contribution in [0.2, 0.25) is 0 Å². The highest BCUT2D eigenvalue weighted by Crippen LogP contribution is 2.58. The van der Waals surface area contributed by atoms with E-state index < -0.39 is 77.1 Å². The minimum absolute atomic E-state index is 0.0271. The van der Waals surface area contributed by atoms with Gasteiger partial charge in [0.15, 0.2) is 11.8 Å². The Labute approximate surface area is 361 Å². The molecule has 14 heteroatoms. The number of hydrogen-bond acceptors (Lipinski definition) is 12. The molecule has 2 saturated carbocycles. The van der Waals surface area contributed by atoms with E-state index in [4.69, 9.17) is 28.5 Å². The number of allylic oxidation sites excluding steroid dienone is 1. The number of ether oxygens (including phenoxy) is 5. The van der Waals surface area contributed by atoms with Gasteiger partial charge in [0.05, 0.1) is 31.4 Å². The van der Waals surface area contributed by atoms with Gasteiger partial charge in [-0.2, -0.15) is 5.06 Å². The molecule has 2 amide bonds. The van der Waals surface area contributed by atoms with Crippen molar-refractivity contribution in [1.82, 2.24) is 15.7 Å². The number of rotatable bonds is 21. The minimum Gasteiger partial charge on any atom is -0.460 e. The van der Waals surface area contributed by atoms with Crippen molar-refractivity contribution in [1.29, 1.82) is 0 Å². The Morgan fingerprint density at radius 1 is 0.984 bits per heavy atom. The molecule has 6 fully saturated rings. The third-order valence-electron chi connectivity index (χ3n) is 13.3. The van der Waals surface area contributed by atoms with Crippen LogP contribution in [0.5, 0.6) is 0 Å². The van der Waals surface area contributed by atoms with Crippen molar-refractivity contribution in [3.05, 3.63) is 41.5 Å². The molecule has 3 unspecified atom stereocenters. The van der Waals surface area contributed by atoms with Crippen molar-refractivity contribution >= 4 is 29.8 Å². The van der Waals surface area contributed by atoms with Gasteiger partial charge in [-0.15, -0.1) is 0 Å². The summed E-state index contributed by atoms with van der Waals surface area (Å²) in [5.41, 5.74) is -0.0884. The molecule has 2 bridgehead atoms. The number of aliphatic hydroxyl groups excluding tert-OH is 1. The highest BCUT2D eigenvalue weighted by molar-refractivity contribution is 5.94. The molecule has 0 aromatic heterocycles. The fourth-order valence-electron chi connectivity index (χ4n) is 10.2. The fraction of sp³-hybridized carbons (Fsp3) is 0.745. The average Bonchev–Trinajstić information content (AvgIpc) is 3.76. The number of unbranched alkanes of at least 4 members (excludes halogenated alkanes) is 4. The number of fused-ring (bicyclic) bond motifs is 5. The lowest BCUT2D eigenvalue weighted by atomic mass is 9.62. The van der Waals surface area contributed by atoms with Crippen LogP contribution in [0.3, 0.4) is 0 Å². The number of nitrogens with one attached hydrogen (secondary N) is 2. The molecule has 338 valence electrons. The van der Waals surface area contributed by atoms with Crippen LogP contribution in [0.4, 0.5) is 0 Å². The molecular weight excluding hydrogens is 783 g/mol. The highest BCUT2D eigenvalue weighted by atomic mass is 16.8. The van der Waals surface area contributed by atoms with E-state index in [9.17, 15) is 24.3 Å². The van der Waals surface area contributed by atoms with Gasteiger partial charge in [-0.05, 0) is 76.3 Å². The second-order valence-electron chi connectivity index (χ2n) is 19.1. The Balaban J connectivity index is 1.10. The first-order chi connectivity index (χ1) is 29.3. The first-order valence-corrected chi connectivity index (χ1v) is 23.1. The third-order valence-corrected chi connectivity index (χ3v) is 13.3. The molecule has 4 heterocycles. The average molecular weight is 852 g/mol. The molecule has 0 radical (unpaired) electrons. The van der Waals surface area contributed by atoms with E-state index in [-0.39, 0.29) is 45.4 Å². The van der Waals surface area contributed by atoms with Crippen LogP contribution in [-0.4, -0.2) is 107 Å². The van der Waals surface area contributed by atoms with Crippen LogP contribution < -0.4 is 10.6 Å². The predicted octanol–water partition coefficient (Wildman–Crippen LogP) is 5.81. The van der Waals surface area contributed by atoms with E-state index in [2.05, 4.69) is 42.7 Å². The van der Waals surface area contributed by atoms with E-state index in [0.29, 0.717) is 31.0 Å². The largest absolute Gasteiger partial charge is 0.460 e. The summed E-state index contributed by atoms with van der Waals surface area (Å²) in [6.45, 7) is 9.49. The monoisotopic (exact) mass is 851 g/mol. The summed E-state index contributed by atoms with van der Waals surface area (Å²) in [6, 6.07) is 6.30. The Hall–Kier alpha value is -3.40. The number of amides is 2. The molecule has 7 rings (SSSR count). The van der Waals surface area contributed by atoms with E-state index in [1.165, 1.54) is 0 Å². The maximum Gasteiger partial charge on any atom is 0.327 e. The summed E-state index contributed by atoms with van der Waals surface area (Å²) in [6.07, 6.45) is 13.2. The van der Waals surface area contributed by atoms with Crippen LogP contribution in [0, 0.1) is 11.3 Å². The van der Waals surface area contributed by atoms with Crippen LogP contribution >= 0.6 is 0 Å². The molecule has 0 spiro atoms. The Bertz CT molecular complexity index is 1740. The van der Waals surface area contributed by atoms with Gasteiger partial charge >= 0.3 is 11.9 Å². The first kappa shape index (κ1) is 45.6. The number of carbonyl (C=O) groups is 4. The van der Waals surface area contributed by atoms with E-state index in [1.54, 1.807) is 25.8 Å². The lowest BCUT2D eigenvalue weighted by molar-refractivity contribution is -0.224. The number of hydrogen-bond donors (Lipinski definition) is 3. The van der Waals surface area contributed by atoms with Crippen LogP contribution in [-0.2, 0) is 54.2 Å². The third kappa shape index (κ3) is 10.5. The minimum atomic E-state index is -1.39. The number of carbonyl (C=O) groups excluding carboxylic acids is 4. The van der Waals surface area contributed by atoms with Crippen LogP contribution in [0.1, 0.15) is 142 Å². The van der Waals surface area contributed by atoms with Crippen LogP contribution in [0.25, 0.3) is 6.08 Å². The van der Waals surface area contributed by atoms with Gasteiger partial charge in [0.25, 0.3) is 0 Å². The van der Waals surface area contributed by atoms with E-state index in [1.807, 2.05) is 18.2 Å². The summed E-state index contributed by atoms with van der Waals surface area (Å²) in [7, 11) is 0. The number of benzene rings is 1. The predicted molar refractivity (Wildman–Crippen MR) is 225 cm³/mol. The van der Waals surface area contributed by atoms with Gasteiger partial charge in [-0.3, -0.25) is 24.0 Å².